The first kappa shape index (κ1) is 24.5. The van der Waals surface area contributed by atoms with E-state index >= 15 is 0 Å². The van der Waals surface area contributed by atoms with Crippen molar-refractivity contribution in [3.63, 3.8) is 0 Å². The molecule has 2 aromatic rings. The van der Waals surface area contributed by atoms with Gasteiger partial charge in [-0.05, 0) is 18.6 Å². The average molecular weight is 492 g/mol. The molecular formula is C26H24N2O8. The van der Waals surface area contributed by atoms with Gasteiger partial charge < -0.3 is 24.7 Å². The van der Waals surface area contributed by atoms with Gasteiger partial charge in [-0.25, -0.2) is 9.59 Å². The molecule has 0 fully saturated rings. The molecule has 2 aliphatic rings. The first-order chi connectivity index (χ1) is 17.3. The standard InChI is InChI=1S/C26H24N2O8/c1-15-20(23(30)33-2)26(21(22(27)36-15)24(31)34-3)17-11-7-8-12-18(17)28(25(26)32)13-19(29)35-14-16-9-5-4-6-10-16/h4-12H,13-14,27H2,1-3H3/t26-/m0/s1. The number of rotatable bonds is 6. The van der Waals surface area contributed by atoms with Crippen molar-refractivity contribution < 1.29 is 38.1 Å². The van der Waals surface area contributed by atoms with Crippen LogP contribution in [0.2, 0.25) is 0 Å². The normalized spacial score (nSPS) is 18.6. The van der Waals surface area contributed by atoms with E-state index in [-0.39, 0.29) is 29.1 Å². The fraction of sp³-hybridized carbons (Fsp3) is 0.231. The van der Waals surface area contributed by atoms with Crippen LogP contribution in [-0.2, 0) is 50.1 Å². The third-order valence-corrected chi connectivity index (χ3v) is 6.09. The zero-order chi connectivity index (χ0) is 26.0. The lowest BCUT2D eigenvalue weighted by Gasteiger charge is -2.35. The van der Waals surface area contributed by atoms with Crippen LogP contribution in [0.25, 0.3) is 0 Å². The van der Waals surface area contributed by atoms with E-state index in [1.165, 1.54) is 6.92 Å². The summed E-state index contributed by atoms with van der Waals surface area (Å²) in [7, 11) is 2.25. The number of carbonyl (C=O) groups is 4. The Kier molecular flexibility index (Phi) is 6.52. The van der Waals surface area contributed by atoms with Crippen LogP contribution in [0, 0.1) is 0 Å². The predicted molar refractivity (Wildman–Crippen MR) is 126 cm³/mol. The summed E-state index contributed by atoms with van der Waals surface area (Å²) in [6.45, 7) is 0.962. The van der Waals surface area contributed by atoms with E-state index in [4.69, 9.17) is 24.7 Å². The fourth-order valence-corrected chi connectivity index (χ4v) is 4.60. The Hall–Kier alpha value is -4.60. The Morgan fingerprint density at radius 3 is 2.22 bits per heavy atom. The third-order valence-electron chi connectivity index (χ3n) is 6.09. The Labute approximate surface area is 206 Å². The number of methoxy groups -OCH3 is 2. The predicted octanol–water partition coefficient (Wildman–Crippen LogP) is 1.83. The van der Waals surface area contributed by atoms with Gasteiger partial charge in [-0.3, -0.25) is 14.5 Å². The van der Waals surface area contributed by atoms with Crippen LogP contribution in [0.3, 0.4) is 0 Å². The lowest BCUT2D eigenvalue weighted by Crippen LogP contribution is -2.51. The van der Waals surface area contributed by atoms with Gasteiger partial charge in [0, 0.05) is 11.3 Å². The maximum atomic E-state index is 14.2. The number of benzene rings is 2. The van der Waals surface area contributed by atoms with E-state index < -0.39 is 41.7 Å². The van der Waals surface area contributed by atoms with Crippen molar-refractivity contribution in [1.82, 2.24) is 0 Å². The number of allylic oxidation sites excluding steroid dienone is 1. The molecule has 186 valence electrons. The molecule has 1 atom stereocenters. The molecule has 2 aromatic carbocycles. The summed E-state index contributed by atoms with van der Waals surface area (Å²) in [6, 6.07) is 15.5. The van der Waals surface area contributed by atoms with Gasteiger partial charge in [0.05, 0.1) is 14.2 Å². The lowest BCUT2D eigenvalue weighted by molar-refractivity contribution is -0.144. The lowest BCUT2D eigenvalue weighted by atomic mass is 9.67. The molecular weight excluding hydrogens is 468 g/mol. The average Bonchev–Trinajstić information content (AvgIpc) is 3.11. The van der Waals surface area contributed by atoms with Crippen LogP contribution < -0.4 is 10.6 Å². The van der Waals surface area contributed by atoms with Crippen molar-refractivity contribution >= 4 is 29.5 Å². The van der Waals surface area contributed by atoms with Crippen molar-refractivity contribution in [1.29, 1.82) is 0 Å². The fourth-order valence-electron chi connectivity index (χ4n) is 4.60. The molecule has 1 spiro atoms. The van der Waals surface area contributed by atoms with Crippen molar-refractivity contribution in [2.75, 3.05) is 25.7 Å². The van der Waals surface area contributed by atoms with Gasteiger partial charge >= 0.3 is 17.9 Å². The van der Waals surface area contributed by atoms with Crippen molar-refractivity contribution in [3.05, 3.63) is 88.5 Å². The zero-order valence-corrected chi connectivity index (χ0v) is 19.9. The van der Waals surface area contributed by atoms with E-state index in [0.717, 1.165) is 24.7 Å². The molecule has 2 aliphatic heterocycles. The number of anilines is 1. The maximum Gasteiger partial charge on any atom is 0.340 e. The van der Waals surface area contributed by atoms with Crippen molar-refractivity contribution in [2.45, 2.75) is 18.9 Å². The molecule has 0 unspecified atom stereocenters. The van der Waals surface area contributed by atoms with E-state index in [1.807, 2.05) is 18.2 Å². The largest absolute Gasteiger partial charge is 0.466 e. The molecule has 0 radical (unpaired) electrons. The molecule has 0 saturated carbocycles. The van der Waals surface area contributed by atoms with Gasteiger partial charge in [0.2, 0.25) is 11.8 Å². The van der Waals surface area contributed by atoms with Crippen LogP contribution in [-0.4, -0.2) is 44.6 Å². The molecule has 2 heterocycles. The van der Waals surface area contributed by atoms with Gasteiger partial charge in [-0.2, -0.15) is 0 Å². The van der Waals surface area contributed by atoms with E-state index in [2.05, 4.69) is 0 Å². The van der Waals surface area contributed by atoms with Crippen LogP contribution >= 0.6 is 0 Å². The minimum atomic E-state index is -2.05. The number of ether oxygens (including phenoxy) is 4. The summed E-state index contributed by atoms with van der Waals surface area (Å²) < 4.78 is 20.7. The summed E-state index contributed by atoms with van der Waals surface area (Å²) >= 11 is 0. The van der Waals surface area contributed by atoms with E-state index in [1.54, 1.807) is 36.4 Å². The first-order valence-corrected chi connectivity index (χ1v) is 10.9. The Morgan fingerprint density at radius 1 is 0.944 bits per heavy atom. The van der Waals surface area contributed by atoms with Crippen LogP contribution in [0.4, 0.5) is 5.69 Å². The number of nitrogens with two attached hydrogens (primary N) is 1. The number of hydrogen-bond donors (Lipinski definition) is 1. The highest BCUT2D eigenvalue weighted by molar-refractivity contribution is 6.23. The van der Waals surface area contributed by atoms with Gasteiger partial charge in [-0.15, -0.1) is 0 Å². The Balaban J connectivity index is 1.82. The highest BCUT2D eigenvalue weighted by atomic mass is 16.5. The Morgan fingerprint density at radius 2 is 1.56 bits per heavy atom. The molecule has 36 heavy (non-hydrogen) atoms. The van der Waals surface area contributed by atoms with Gasteiger partial charge in [0.25, 0.3) is 0 Å². The molecule has 10 heteroatoms. The molecule has 4 rings (SSSR count). The van der Waals surface area contributed by atoms with E-state index in [0.29, 0.717) is 5.69 Å². The summed E-state index contributed by atoms with van der Waals surface area (Å²) in [5.74, 6) is -3.77. The second-order valence-corrected chi connectivity index (χ2v) is 8.06. The van der Waals surface area contributed by atoms with Crippen molar-refractivity contribution in [2.24, 2.45) is 5.73 Å². The minimum Gasteiger partial charge on any atom is -0.466 e. The first-order valence-electron chi connectivity index (χ1n) is 10.9. The SMILES string of the molecule is COC(=O)C1=C(C)OC(N)=C(C(=O)OC)[C@@]12C(=O)N(CC(=O)OCc1ccccc1)c1ccccc12. The number of amides is 1. The van der Waals surface area contributed by atoms with Gasteiger partial charge in [-0.1, -0.05) is 48.5 Å². The summed E-state index contributed by atoms with van der Waals surface area (Å²) in [5.41, 5.74) is 4.73. The second-order valence-electron chi connectivity index (χ2n) is 8.06. The topological polar surface area (TPSA) is 134 Å². The zero-order valence-electron chi connectivity index (χ0n) is 19.9. The molecule has 1 amide bonds. The molecule has 0 aliphatic carbocycles. The summed E-state index contributed by atoms with van der Waals surface area (Å²) in [5, 5.41) is 0. The quantitative estimate of drug-likeness (QED) is 0.473. The highest BCUT2D eigenvalue weighted by Crippen LogP contribution is 2.54. The minimum absolute atomic E-state index is 0.00895. The Bertz CT molecular complexity index is 1270. The highest BCUT2D eigenvalue weighted by Gasteiger charge is 2.64. The van der Waals surface area contributed by atoms with Crippen LogP contribution in [0.15, 0.2) is 77.4 Å². The van der Waals surface area contributed by atoms with Gasteiger partial charge in [0.15, 0.2) is 0 Å². The number of nitrogens with zero attached hydrogens (tertiary/aromatic N) is 1. The summed E-state index contributed by atoms with van der Waals surface area (Å²) in [6.07, 6.45) is 0. The number of hydrogen-bond acceptors (Lipinski definition) is 9. The van der Waals surface area contributed by atoms with Gasteiger partial charge in [0.1, 0.15) is 35.5 Å². The van der Waals surface area contributed by atoms with Crippen molar-refractivity contribution in [3.8, 4) is 0 Å². The number of para-hydroxylation sites is 1. The molecule has 2 N–H and O–H groups in total. The second kappa shape index (κ2) is 9.57. The molecule has 10 nitrogen and oxygen atoms in total. The maximum absolute atomic E-state index is 14.2. The molecule has 0 bridgehead atoms. The van der Waals surface area contributed by atoms with Crippen LogP contribution in [0.5, 0.6) is 0 Å². The monoisotopic (exact) mass is 492 g/mol. The smallest absolute Gasteiger partial charge is 0.340 e. The molecule has 0 aromatic heterocycles. The van der Waals surface area contributed by atoms with Crippen LogP contribution in [0.1, 0.15) is 18.1 Å². The number of fused-ring (bicyclic) bond motifs is 2. The third kappa shape index (κ3) is 3.76. The summed E-state index contributed by atoms with van der Waals surface area (Å²) in [4.78, 5) is 54.2. The van der Waals surface area contributed by atoms with E-state index in [9.17, 15) is 19.2 Å². The molecule has 0 saturated heterocycles. The number of esters is 3. The number of carbonyl (C=O) groups excluding carboxylic acids is 4.